The molecule has 45 heavy (non-hydrogen) atoms. The van der Waals surface area contributed by atoms with Gasteiger partial charge in [-0.25, -0.2) is 19.6 Å². The minimum atomic E-state index is -0.204. The van der Waals surface area contributed by atoms with Crippen molar-refractivity contribution in [1.29, 1.82) is 0 Å². The average Bonchev–Trinajstić information content (AvgIpc) is 3.69. The van der Waals surface area contributed by atoms with Gasteiger partial charge < -0.3 is 10.8 Å². The number of fused-ring (bicyclic) bond motifs is 2. The number of halogens is 1. The fourth-order valence-corrected chi connectivity index (χ4v) is 6.29. The lowest BCUT2D eigenvalue weighted by Crippen LogP contribution is -2.28. The van der Waals surface area contributed by atoms with Crippen molar-refractivity contribution in [2.45, 2.75) is 45.2 Å². The Balaban J connectivity index is 1.38. The van der Waals surface area contributed by atoms with Crippen LogP contribution in [0.15, 0.2) is 77.9 Å². The fourth-order valence-electron chi connectivity index (χ4n) is 6.10. The minimum absolute atomic E-state index is 0.123. The first kappa shape index (κ1) is 28.6. The molecule has 224 valence electrons. The zero-order valence-corrected chi connectivity index (χ0v) is 25.2. The van der Waals surface area contributed by atoms with Crippen LogP contribution >= 0.6 is 11.6 Å². The van der Waals surface area contributed by atoms with Crippen LogP contribution < -0.4 is 11.3 Å². The Hall–Kier alpha value is -5.20. The number of nitrogens with two attached hydrogens (primary N) is 1. The number of nitrogens with zero attached hydrogens (tertiary/aromatic N) is 6. The lowest BCUT2D eigenvalue weighted by Gasteiger charge is -2.15. The highest BCUT2D eigenvalue weighted by atomic mass is 35.5. The quantitative estimate of drug-likeness (QED) is 0.215. The molecule has 0 aliphatic heterocycles. The zero-order chi connectivity index (χ0) is 30.9. The molecule has 0 amide bonds. The van der Waals surface area contributed by atoms with Crippen LogP contribution in [-0.4, -0.2) is 34.4 Å². The third-order valence-electron chi connectivity index (χ3n) is 8.43. The predicted molar refractivity (Wildman–Crippen MR) is 176 cm³/mol. The van der Waals surface area contributed by atoms with Gasteiger partial charge in [0.25, 0.3) is 5.56 Å². The summed E-state index contributed by atoms with van der Waals surface area (Å²) in [6.45, 7) is 0.333. The number of benzene rings is 3. The number of hydrogen-bond donors (Lipinski definition) is 2. The summed E-state index contributed by atoms with van der Waals surface area (Å²) < 4.78 is 3.32. The highest BCUT2D eigenvalue weighted by molar-refractivity contribution is 6.31. The molecule has 3 aromatic carbocycles. The van der Waals surface area contributed by atoms with E-state index in [-0.39, 0.29) is 30.2 Å². The highest BCUT2D eigenvalue weighted by Crippen LogP contribution is 2.31. The van der Waals surface area contributed by atoms with Crippen molar-refractivity contribution >= 4 is 39.4 Å². The molecule has 3 N–H and O–H groups in total. The molecule has 3 aromatic heterocycles. The smallest absolute Gasteiger partial charge is 0.263 e. The second-order valence-corrected chi connectivity index (χ2v) is 11.8. The Kier molecular flexibility index (Phi) is 7.66. The number of phenolic OH excluding ortho intramolecular Hbond substituents is 1. The van der Waals surface area contributed by atoms with Gasteiger partial charge in [0.15, 0.2) is 5.65 Å². The third-order valence-corrected chi connectivity index (χ3v) is 8.80. The van der Waals surface area contributed by atoms with E-state index in [1.165, 1.54) is 32.0 Å². The number of anilines is 1. The maximum atomic E-state index is 14.4. The molecule has 0 atom stereocenters. The van der Waals surface area contributed by atoms with E-state index in [4.69, 9.17) is 27.4 Å². The van der Waals surface area contributed by atoms with Gasteiger partial charge in [0.05, 0.1) is 22.8 Å². The van der Waals surface area contributed by atoms with Crippen molar-refractivity contribution in [2.75, 3.05) is 5.73 Å². The van der Waals surface area contributed by atoms with Crippen LogP contribution in [0.5, 0.6) is 5.75 Å². The number of hydrogen-bond acceptors (Lipinski definition) is 7. The molecule has 10 heteroatoms. The van der Waals surface area contributed by atoms with Gasteiger partial charge in [0.1, 0.15) is 36.0 Å². The van der Waals surface area contributed by atoms with Crippen LogP contribution in [0, 0.1) is 17.8 Å². The van der Waals surface area contributed by atoms with Crippen LogP contribution in [-0.2, 0) is 13.1 Å². The summed E-state index contributed by atoms with van der Waals surface area (Å²) in [5.74, 6) is 8.14. The summed E-state index contributed by atoms with van der Waals surface area (Å²) in [6.07, 6.45) is 7.18. The molecule has 3 heterocycles. The summed E-state index contributed by atoms with van der Waals surface area (Å²) in [4.78, 5) is 28.1. The number of aromatic nitrogens is 6. The molecule has 0 spiro atoms. The summed E-state index contributed by atoms with van der Waals surface area (Å²) in [6, 6.07) is 19.7. The van der Waals surface area contributed by atoms with Crippen LogP contribution in [0.1, 0.15) is 49.1 Å². The molecule has 1 saturated carbocycles. The Morgan fingerprint density at radius 1 is 0.956 bits per heavy atom. The van der Waals surface area contributed by atoms with Crippen molar-refractivity contribution in [2.24, 2.45) is 5.92 Å². The van der Waals surface area contributed by atoms with Gasteiger partial charge in [-0.05, 0) is 66.8 Å². The first-order valence-electron chi connectivity index (χ1n) is 15.0. The van der Waals surface area contributed by atoms with E-state index in [0.717, 1.165) is 17.5 Å². The molecule has 0 unspecified atom stereocenters. The van der Waals surface area contributed by atoms with Gasteiger partial charge in [0, 0.05) is 22.6 Å². The largest absolute Gasteiger partial charge is 0.508 e. The molecule has 1 aliphatic rings. The lowest BCUT2D eigenvalue weighted by molar-refractivity contribution is 0.475. The monoisotopic (exact) mass is 615 g/mol. The Bertz CT molecular complexity index is 2170. The van der Waals surface area contributed by atoms with E-state index in [0.29, 0.717) is 50.0 Å². The van der Waals surface area contributed by atoms with Crippen molar-refractivity contribution in [3.05, 3.63) is 105 Å². The zero-order valence-electron chi connectivity index (χ0n) is 24.4. The topological polar surface area (TPSA) is 125 Å². The molecule has 6 aromatic rings. The van der Waals surface area contributed by atoms with Gasteiger partial charge in [-0.2, -0.15) is 5.10 Å². The molecular weight excluding hydrogens is 586 g/mol. The molecule has 9 nitrogen and oxygen atoms in total. The second kappa shape index (κ2) is 12.1. The van der Waals surface area contributed by atoms with Gasteiger partial charge in [-0.15, -0.1) is 0 Å². The van der Waals surface area contributed by atoms with E-state index in [9.17, 15) is 9.90 Å². The number of aromatic hydroxyl groups is 1. The Morgan fingerprint density at radius 3 is 2.56 bits per heavy atom. The predicted octanol–water partition coefficient (Wildman–Crippen LogP) is 6.17. The lowest BCUT2D eigenvalue weighted by atomic mass is 10.0. The molecular formula is C35H30ClN7O2. The number of nitrogen functional groups attached to an aromatic ring is 1. The molecule has 0 radical (unpaired) electrons. The molecule has 1 aliphatic carbocycles. The second-order valence-electron chi connectivity index (χ2n) is 11.4. The summed E-state index contributed by atoms with van der Waals surface area (Å²) >= 11 is 6.57. The van der Waals surface area contributed by atoms with Gasteiger partial charge in [-0.3, -0.25) is 9.36 Å². The number of phenols is 1. The summed E-state index contributed by atoms with van der Waals surface area (Å²) in [5.41, 5.74) is 9.92. The van der Waals surface area contributed by atoms with E-state index < -0.39 is 0 Å². The third kappa shape index (κ3) is 5.61. The van der Waals surface area contributed by atoms with E-state index in [2.05, 4.69) is 21.8 Å². The minimum Gasteiger partial charge on any atom is -0.508 e. The average molecular weight is 616 g/mol. The van der Waals surface area contributed by atoms with Gasteiger partial charge >= 0.3 is 0 Å². The van der Waals surface area contributed by atoms with Crippen molar-refractivity contribution in [3.63, 3.8) is 0 Å². The van der Waals surface area contributed by atoms with Crippen LogP contribution in [0.25, 0.3) is 33.2 Å². The first-order valence-corrected chi connectivity index (χ1v) is 15.3. The van der Waals surface area contributed by atoms with E-state index in [1.807, 2.05) is 36.4 Å². The molecule has 0 bridgehead atoms. The summed E-state index contributed by atoms with van der Waals surface area (Å²) in [5, 5.41) is 16.3. The van der Waals surface area contributed by atoms with Crippen LogP contribution in [0.3, 0.4) is 0 Å². The fraction of sp³-hybridized carbons (Fsp3) is 0.229. The summed E-state index contributed by atoms with van der Waals surface area (Å²) in [7, 11) is 0. The number of rotatable bonds is 6. The Morgan fingerprint density at radius 2 is 1.76 bits per heavy atom. The van der Waals surface area contributed by atoms with Gasteiger partial charge in [-0.1, -0.05) is 60.5 Å². The molecule has 0 saturated heterocycles. The van der Waals surface area contributed by atoms with Crippen molar-refractivity contribution in [3.8, 4) is 28.8 Å². The maximum absolute atomic E-state index is 14.4. The van der Waals surface area contributed by atoms with Crippen LogP contribution in [0.4, 0.5) is 5.82 Å². The first-order chi connectivity index (χ1) is 22.0. The van der Waals surface area contributed by atoms with Crippen molar-refractivity contribution < 1.29 is 5.11 Å². The van der Waals surface area contributed by atoms with Crippen molar-refractivity contribution in [1.82, 2.24) is 29.3 Å². The molecule has 1 fully saturated rings. The van der Waals surface area contributed by atoms with E-state index in [1.54, 1.807) is 39.6 Å². The normalized spacial score (nSPS) is 13.4. The maximum Gasteiger partial charge on any atom is 0.263 e. The SMILES string of the molecule is Nc1ncnc2c1c(-c1ccc(O)cc1)nn2Cc1nc2cccc(C#CCC3CCCC3)c2c(=O)n1Cc1ccccc1Cl. The van der Waals surface area contributed by atoms with Crippen LogP contribution in [0.2, 0.25) is 5.02 Å². The Labute approximate surface area is 264 Å². The highest BCUT2D eigenvalue weighted by Gasteiger charge is 2.21. The molecule has 7 rings (SSSR count). The standard InChI is InChI=1S/C35H30ClN7O2/c36-27-13-4-3-10-25(27)19-42-29(40-28-14-6-12-23(30(28)35(42)45)11-5-9-22-7-1-2-8-22)20-43-34-31(33(37)38-21-39-34)32(41-43)24-15-17-26(44)18-16-24/h3-4,6,10,12-18,21-22,44H,1-2,7-9,19-20H2,(H2,37,38,39). The van der Waals surface area contributed by atoms with Gasteiger partial charge in [0.2, 0.25) is 0 Å². The van der Waals surface area contributed by atoms with E-state index >= 15 is 0 Å².